The molecule has 0 saturated carbocycles. The second-order valence-corrected chi connectivity index (χ2v) is 6.47. The van der Waals surface area contributed by atoms with Crippen LogP contribution in [0.3, 0.4) is 0 Å². The lowest BCUT2D eigenvalue weighted by atomic mass is 10.1. The van der Waals surface area contributed by atoms with Crippen LogP contribution in [-0.2, 0) is 9.53 Å². The van der Waals surface area contributed by atoms with Crippen LogP contribution in [0.4, 0.5) is 0 Å². The first-order chi connectivity index (χ1) is 12.6. The Balaban J connectivity index is 1.86. The van der Waals surface area contributed by atoms with Crippen molar-refractivity contribution in [3.8, 4) is 0 Å². The SMILES string of the molecule is COC(=O)[C@H](CCCN=Cc1ccc(Cl)cc1)N=Cc1ccc(Cl)cc1. The highest BCUT2D eigenvalue weighted by atomic mass is 35.5. The van der Waals surface area contributed by atoms with Gasteiger partial charge in [0.25, 0.3) is 0 Å². The zero-order valence-corrected chi connectivity index (χ0v) is 16.0. The highest BCUT2D eigenvalue weighted by Gasteiger charge is 2.16. The van der Waals surface area contributed by atoms with E-state index >= 15 is 0 Å². The van der Waals surface area contributed by atoms with Crippen molar-refractivity contribution in [3.05, 3.63) is 69.7 Å². The normalized spacial score (nSPS) is 12.6. The molecule has 2 aromatic carbocycles. The van der Waals surface area contributed by atoms with Crippen LogP contribution in [0.2, 0.25) is 10.0 Å². The Bertz CT molecular complexity index is 756. The second kappa shape index (κ2) is 10.7. The maximum Gasteiger partial charge on any atom is 0.330 e. The van der Waals surface area contributed by atoms with Gasteiger partial charge in [0, 0.05) is 29.0 Å². The van der Waals surface area contributed by atoms with Gasteiger partial charge in [-0.05, 0) is 48.2 Å². The van der Waals surface area contributed by atoms with Crippen LogP contribution in [0.5, 0.6) is 0 Å². The average Bonchev–Trinajstić information content (AvgIpc) is 2.66. The lowest BCUT2D eigenvalue weighted by Gasteiger charge is -2.09. The third kappa shape index (κ3) is 6.98. The molecule has 0 aliphatic heterocycles. The minimum atomic E-state index is -0.540. The quantitative estimate of drug-likeness (QED) is 0.367. The lowest BCUT2D eigenvalue weighted by Crippen LogP contribution is -2.20. The molecule has 0 radical (unpaired) electrons. The van der Waals surface area contributed by atoms with Gasteiger partial charge in [-0.25, -0.2) is 4.79 Å². The predicted molar refractivity (Wildman–Crippen MR) is 108 cm³/mol. The van der Waals surface area contributed by atoms with Crippen molar-refractivity contribution in [2.75, 3.05) is 13.7 Å². The van der Waals surface area contributed by atoms with Crippen molar-refractivity contribution in [1.29, 1.82) is 0 Å². The summed E-state index contributed by atoms with van der Waals surface area (Å²) in [5.74, 6) is -0.350. The summed E-state index contributed by atoms with van der Waals surface area (Å²) in [5, 5.41) is 1.35. The molecule has 0 aliphatic carbocycles. The van der Waals surface area contributed by atoms with Gasteiger partial charge in [-0.1, -0.05) is 47.5 Å². The van der Waals surface area contributed by atoms with Crippen LogP contribution in [0, 0.1) is 0 Å². The van der Waals surface area contributed by atoms with Crippen molar-refractivity contribution in [3.63, 3.8) is 0 Å². The molecular formula is C20H20Cl2N2O2. The zero-order chi connectivity index (χ0) is 18.8. The standard InChI is InChI=1S/C20H20Cl2N2O2/c1-26-20(25)19(24-14-16-6-10-18(22)11-7-16)3-2-12-23-13-15-4-8-17(21)9-5-15/h4-11,13-14,19H,2-3,12H2,1H3/t19-/m0/s1. The Kier molecular flexibility index (Phi) is 8.32. The highest BCUT2D eigenvalue weighted by molar-refractivity contribution is 6.30. The predicted octanol–water partition coefficient (Wildman–Crippen LogP) is 4.85. The summed E-state index contributed by atoms with van der Waals surface area (Å²) in [6.07, 6.45) is 4.74. The zero-order valence-electron chi connectivity index (χ0n) is 14.4. The fraction of sp³-hybridized carbons (Fsp3) is 0.250. The number of carbonyl (C=O) groups excluding carboxylic acids is 1. The smallest absolute Gasteiger partial charge is 0.330 e. The van der Waals surface area contributed by atoms with E-state index in [1.54, 1.807) is 24.6 Å². The van der Waals surface area contributed by atoms with E-state index in [1.165, 1.54) is 7.11 Å². The number of ether oxygens (including phenoxy) is 1. The molecule has 0 aliphatic rings. The molecule has 0 bridgehead atoms. The third-order valence-electron chi connectivity index (χ3n) is 3.62. The van der Waals surface area contributed by atoms with Gasteiger partial charge >= 0.3 is 5.97 Å². The Labute approximate surface area is 163 Å². The molecule has 6 heteroatoms. The lowest BCUT2D eigenvalue weighted by molar-refractivity contribution is -0.142. The summed E-state index contributed by atoms with van der Waals surface area (Å²) in [4.78, 5) is 20.6. The van der Waals surface area contributed by atoms with Crippen LogP contribution in [0.1, 0.15) is 24.0 Å². The number of halogens is 2. The number of benzene rings is 2. The van der Waals surface area contributed by atoms with E-state index in [9.17, 15) is 4.79 Å². The van der Waals surface area contributed by atoms with Gasteiger partial charge in [0.15, 0.2) is 0 Å². The number of methoxy groups -OCH3 is 1. The molecule has 2 aromatic rings. The maximum atomic E-state index is 11.9. The van der Waals surface area contributed by atoms with E-state index < -0.39 is 6.04 Å². The van der Waals surface area contributed by atoms with Crippen LogP contribution in [-0.4, -0.2) is 38.1 Å². The van der Waals surface area contributed by atoms with Gasteiger partial charge in [-0.15, -0.1) is 0 Å². The van der Waals surface area contributed by atoms with Crippen LogP contribution < -0.4 is 0 Å². The molecule has 0 saturated heterocycles. The molecule has 4 nitrogen and oxygen atoms in total. The van der Waals surface area contributed by atoms with Gasteiger partial charge < -0.3 is 4.74 Å². The van der Waals surface area contributed by atoms with Crippen molar-refractivity contribution >= 4 is 41.6 Å². The van der Waals surface area contributed by atoms with Gasteiger partial charge in [0.2, 0.25) is 0 Å². The van der Waals surface area contributed by atoms with E-state index in [2.05, 4.69) is 9.98 Å². The summed E-state index contributed by atoms with van der Waals surface area (Å²) in [7, 11) is 1.37. The first-order valence-electron chi connectivity index (χ1n) is 8.20. The third-order valence-corrected chi connectivity index (χ3v) is 4.13. The molecule has 0 aromatic heterocycles. The number of aliphatic imine (C=N–C) groups is 2. The summed E-state index contributed by atoms with van der Waals surface area (Å²) >= 11 is 11.7. The van der Waals surface area contributed by atoms with E-state index in [4.69, 9.17) is 27.9 Å². The van der Waals surface area contributed by atoms with Gasteiger partial charge in [-0.2, -0.15) is 0 Å². The summed E-state index contributed by atoms with van der Waals surface area (Å²) in [6, 6.07) is 14.2. The van der Waals surface area contributed by atoms with E-state index in [-0.39, 0.29) is 5.97 Å². The minimum Gasteiger partial charge on any atom is -0.467 e. The number of esters is 1. The van der Waals surface area contributed by atoms with E-state index in [1.807, 2.05) is 36.4 Å². The fourth-order valence-electron chi connectivity index (χ4n) is 2.21. The van der Waals surface area contributed by atoms with Crippen LogP contribution in [0.25, 0.3) is 0 Å². The molecule has 0 N–H and O–H groups in total. The number of carbonyl (C=O) groups is 1. The molecule has 0 spiro atoms. The Hall–Kier alpha value is -2.17. The Morgan fingerprint density at radius 3 is 2.08 bits per heavy atom. The Morgan fingerprint density at radius 2 is 1.54 bits per heavy atom. The number of nitrogens with zero attached hydrogens (tertiary/aromatic N) is 2. The van der Waals surface area contributed by atoms with Crippen LogP contribution >= 0.6 is 23.2 Å². The molecule has 26 heavy (non-hydrogen) atoms. The van der Waals surface area contributed by atoms with Crippen molar-refractivity contribution in [2.45, 2.75) is 18.9 Å². The first kappa shape index (κ1) is 20.1. The molecule has 1 atom stereocenters. The van der Waals surface area contributed by atoms with E-state index in [0.29, 0.717) is 23.0 Å². The van der Waals surface area contributed by atoms with Gasteiger partial charge in [-0.3, -0.25) is 9.98 Å². The molecular weight excluding hydrogens is 371 g/mol. The van der Waals surface area contributed by atoms with Crippen molar-refractivity contribution in [1.82, 2.24) is 0 Å². The minimum absolute atomic E-state index is 0.350. The molecule has 0 fully saturated rings. The van der Waals surface area contributed by atoms with Crippen molar-refractivity contribution in [2.24, 2.45) is 9.98 Å². The molecule has 0 unspecified atom stereocenters. The fourth-order valence-corrected chi connectivity index (χ4v) is 2.46. The monoisotopic (exact) mass is 390 g/mol. The number of rotatable bonds is 8. The summed E-state index contributed by atoms with van der Waals surface area (Å²) < 4.78 is 4.83. The molecule has 0 heterocycles. The van der Waals surface area contributed by atoms with Gasteiger partial charge in [0.05, 0.1) is 7.11 Å². The van der Waals surface area contributed by atoms with Gasteiger partial charge in [0.1, 0.15) is 6.04 Å². The van der Waals surface area contributed by atoms with E-state index in [0.717, 1.165) is 17.5 Å². The van der Waals surface area contributed by atoms with Crippen LogP contribution in [0.15, 0.2) is 58.5 Å². The average molecular weight is 391 g/mol. The molecule has 136 valence electrons. The number of hydrogen-bond acceptors (Lipinski definition) is 4. The summed E-state index contributed by atoms with van der Waals surface area (Å²) in [6.45, 7) is 0.604. The second-order valence-electron chi connectivity index (χ2n) is 5.60. The largest absolute Gasteiger partial charge is 0.467 e. The van der Waals surface area contributed by atoms with Crippen molar-refractivity contribution < 1.29 is 9.53 Å². The Morgan fingerprint density at radius 1 is 1.00 bits per heavy atom. The highest BCUT2D eigenvalue weighted by Crippen LogP contribution is 2.10. The molecule has 2 rings (SSSR count). The topological polar surface area (TPSA) is 51.0 Å². The molecule has 0 amide bonds. The summed E-state index contributed by atoms with van der Waals surface area (Å²) in [5.41, 5.74) is 1.86. The number of hydrogen-bond donors (Lipinski definition) is 0. The first-order valence-corrected chi connectivity index (χ1v) is 8.96. The maximum absolute atomic E-state index is 11.9.